The standard InChI is InChI=1S/C14H19N3O2/c1-19-13-6-3-2-5-12(13)7-8-14-15-11-16-17(14)9-4-10-18/h2-3,5-6,11,18H,4,7-10H2,1H3. The SMILES string of the molecule is COc1ccccc1CCc1ncnn1CCCO. The number of para-hydroxylation sites is 1. The predicted molar refractivity (Wildman–Crippen MR) is 72.1 cm³/mol. The maximum atomic E-state index is 8.85. The van der Waals surface area contributed by atoms with Gasteiger partial charge >= 0.3 is 0 Å². The van der Waals surface area contributed by atoms with Crippen LogP contribution in [0.15, 0.2) is 30.6 Å². The van der Waals surface area contributed by atoms with E-state index in [1.54, 1.807) is 13.4 Å². The molecule has 5 nitrogen and oxygen atoms in total. The molecule has 1 aromatic carbocycles. The van der Waals surface area contributed by atoms with Gasteiger partial charge in [0, 0.05) is 19.6 Å². The fourth-order valence-corrected chi connectivity index (χ4v) is 2.04. The lowest BCUT2D eigenvalue weighted by molar-refractivity contribution is 0.276. The Kier molecular flexibility index (Phi) is 4.92. The first kappa shape index (κ1) is 13.5. The number of hydrogen-bond acceptors (Lipinski definition) is 4. The van der Waals surface area contributed by atoms with Gasteiger partial charge in [-0.3, -0.25) is 4.68 Å². The van der Waals surface area contributed by atoms with Crippen LogP contribution in [-0.4, -0.2) is 33.6 Å². The Morgan fingerprint density at radius 1 is 1.26 bits per heavy atom. The highest BCUT2D eigenvalue weighted by Gasteiger charge is 2.07. The largest absolute Gasteiger partial charge is 0.496 e. The van der Waals surface area contributed by atoms with Crippen molar-refractivity contribution in [2.75, 3.05) is 13.7 Å². The summed E-state index contributed by atoms with van der Waals surface area (Å²) in [6.45, 7) is 0.879. The number of ether oxygens (including phenoxy) is 1. The number of aryl methyl sites for hydroxylation is 3. The molecule has 0 atom stereocenters. The molecule has 0 saturated heterocycles. The van der Waals surface area contributed by atoms with Gasteiger partial charge in [0.05, 0.1) is 7.11 Å². The topological polar surface area (TPSA) is 60.2 Å². The van der Waals surface area contributed by atoms with Gasteiger partial charge in [0.1, 0.15) is 17.9 Å². The molecular formula is C14H19N3O2. The predicted octanol–water partition coefficient (Wildman–Crippen LogP) is 1.45. The van der Waals surface area contributed by atoms with E-state index in [1.807, 2.05) is 22.9 Å². The van der Waals surface area contributed by atoms with E-state index in [1.165, 1.54) is 5.56 Å². The van der Waals surface area contributed by atoms with E-state index in [-0.39, 0.29) is 6.61 Å². The normalized spacial score (nSPS) is 10.6. The van der Waals surface area contributed by atoms with Gasteiger partial charge in [-0.1, -0.05) is 18.2 Å². The molecule has 1 N–H and O–H groups in total. The Morgan fingerprint density at radius 3 is 2.89 bits per heavy atom. The smallest absolute Gasteiger partial charge is 0.138 e. The first-order valence-electron chi connectivity index (χ1n) is 6.44. The summed E-state index contributed by atoms with van der Waals surface area (Å²) in [4.78, 5) is 4.27. The quantitative estimate of drug-likeness (QED) is 0.819. The minimum absolute atomic E-state index is 0.172. The van der Waals surface area contributed by atoms with Crippen molar-refractivity contribution >= 4 is 0 Å². The van der Waals surface area contributed by atoms with E-state index >= 15 is 0 Å². The average molecular weight is 261 g/mol. The van der Waals surface area contributed by atoms with Crippen LogP contribution in [0.4, 0.5) is 0 Å². The summed E-state index contributed by atoms with van der Waals surface area (Å²) in [7, 11) is 1.68. The molecule has 0 spiro atoms. The molecule has 19 heavy (non-hydrogen) atoms. The van der Waals surface area contributed by atoms with Gasteiger partial charge < -0.3 is 9.84 Å². The minimum atomic E-state index is 0.172. The number of aromatic nitrogens is 3. The maximum Gasteiger partial charge on any atom is 0.138 e. The second kappa shape index (κ2) is 6.89. The molecule has 0 aliphatic heterocycles. The van der Waals surface area contributed by atoms with Crippen LogP contribution in [0.25, 0.3) is 0 Å². The van der Waals surface area contributed by atoms with E-state index in [4.69, 9.17) is 9.84 Å². The second-order valence-corrected chi connectivity index (χ2v) is 4.29. The molecule has 1 heterocycles. The molecular weight excluding hydrogens is 242 g/mol. The zero-order chi connectivity index (χ0) is 13.5. The second-order valence-electron chi connectivity index (χ2n) is 4.29. The van der Waals surface area contributed by atoms with Gasteiger partial charge in [0.2, 0.25) is 0 Å². The molecule has 0 radical (unpaired) electrons. The fourth-order valence-electron chi connectivity index (χ4n) is 2.04. The molecule has 102 valence electrons. The van der Waals surface area contributed by atoms with Gasteiger partial charge in [0.15, 0.2) is 0 Å². The first-order chi connectivity index (χ1) is 9.35. The summed E-state index contributed by atoms with van der Waals surface area (Å²) in [6, 6.07) is 8.00. The number of hydrogen-bond donors (Lipinski definition) is 1. The molecule has 0 fully saturated rings. The third kappa shape index (κ3) is 3.54. The molecule has 2 rings (SSSR count). The van der Waals surface area contributed by atoms with Crippen LogP contribution in [0, 0.1) is 0 Å². The van der Waals surface area contributed by atoms with E-state index < -0.39 is 0 Å². The van der Waals surface area contributed by atoms with E-state index in [0.29, 0.717) is 13.0 Å². The van der Waals surface area contributed by atoms with Crippen molar-refractivity contribution in [2.24, 2.45) is 0 Å². The highest BCUT2D eigenvalue weighted by Crippen LogP contribution is 2.18. The Balaban J connectivity index is 2.00. The summed E-state index contributed by atoms with van der Waals surface area (Å²) in [6.07, 6.45) is 3.94. The summed E-state index contributed by atoms with van der Waals surface area (Å²) in [5.41, 5.74) is 1.17. The Morgan fingerprint density at radius 2 is 2.11 bits per heavy atom. The summed E-state index contributed by atoms with van der Waals surface area (Å²) >= 11 is 0. The van der Waals surface area contributed by atoms with Gasteiger partial charge in [-0.05, 0) is 24.5 Å². The molecule has 0 aliphatic carbocycles. The van der Waals surface area contributed by atoms with Crippen LogP contribution in [0.5, 0.6) is 5.75 Å². The van der Waals surface area contributed by atoms with Crippen LogP contribution in [0.2, 0.25) is 0 Å². The summed E-state index contributed by atoms with van der Waals surface area (Å²) in [5, 5.41) is 13.0. The molecule has 0 bridgehead atoms. The monoisotopic (exact) mass is 261 g/mol. The lowest BCUT2D eigenvalue weighted by Gasteiger charge is -2.08. The molecule has 2 aromatic rings. The lowest BCUT2D eigenvalue weighted by Crippen LogP contribution is -2.08. The van der Waals surface area contributed by atoms with Gasteiger partial charge in [-0.15, -0.1) is 0 Å². The van der Waals surface area contributed by atoms with Crippen molar-refractivity contribution in [1.29, 1.82) is 0 Å². The summed E-state index contributed by atoms with van der Waals surface area (Å²) < 4.78 is 7.19. The van der Waals surface area contributed by atoms with E-state index in [2.05, 4.69) is 16.1 Å². The molecule has 5 heteroatoms. The zero-order valence-electron chi connectivity index (χ0n) is 11.1. The van der Waals surface area contributed by atoms with Gasteiger partial charge in [0.25, 0.3) is 0 Å². The van der Waals surface area contributed by atoms with Crippen LogP contribution < -0.4 is 4.74 Å². The van der Waals surface area contributed by atoms with Crippen molar-refractivity contribution in [1.82, 2.24) is 14.8 Å². The van der Waals surface area contributed by atoms with Crippen molar-refractivity contribution in [3.05, 3.63) is 42.0 Å². The van der Waals surface area contributed by atoms with Crippen molar-refractivity contribution in [3.63, 3.8) is 0 Å². The number of aliphatic hydroxyl groups is 1. The van der Waals surface area contributed by atoms with Crippen LogP contribution in [0.1, 0.15) is 17.8 Å². The van der Waals surface area contributed by atoms with Gasteiger partial charge in [-0.25, -0.2) is 4.98 Å². The lowest BCUT2D eigenvalue weighted by atomic mass is 10.1. The third-order valence-corrected chi connectivity index (χ3v) is 3.03. The van der Waals surface area contributed by atoms with Crippen molar-refractivity contribution < 1.29 is 9.84 Å². The number of aliphatic hydroxyl groups excluding tert-OH is 1. The van der Waals surface area contributed by atoms with Crippen molar-refractivity contribution in [2.45, 2.75) is 25.8 Å². The fraction of sp³-hybridized carbons (Fsp3) is 0.429. The van der Waals surface area contributed by atoms with Gasteiger partial charge in [-0.2, -0.15) is 5.10 Å². The van der Waals surface area contributed by atoms with Crippen LogP contribution in [0.3, 0.4) is 0 Å². The van der Waals surface area contributed by atoms with E-state index in [0.717, 1.165) is 24.4 Å². The Bertz CT molecular complexity index is 511. The zero-order valence-corrected chi connectivity index (χ0v) is 11.1. The molecule has 0 unspecified atom stereocenters. The van der Waals surface area contributed by atoms with Crippen LogP contribution >= 0.6 is 0 Å². The number of rotatable bonds is 7. The summed E-state index contributed by atoms with van der Waals surface area (Å²) in [5.74, 6) is 1.85. The highest BCUT2D eigenvalue weighted by molar-refractivity contribution is 5.33. The average Bonchev–Trinajstić information content (AvgIpc) is 2.90. The van der Waals surface area contributed by atoms with Crippen LogP contribution in [-0.2, 0) is 19.4 Å². The molecule has 1 aromatic heterocycles. The number of methoxy groups -OCH3 is 1. The third-order valence-electron chi connectivity index (χ3n) is 3.03. The van der Waals surface area contributed by atoms with E-state index in [9.17, 15) is 0 Å². The number of nitrogens with zero attached hydrogens (tertiary/aromatic N) is 3. The molecule has 0 saturated carbocycles. The highest BCUT2D eigenvalue weighted by atomic mass is 16.5. The Labute approximate surface area is 112 Å². The van der Waals surface area contributed by atoms with Crippen molar-refractivity contribution in [3.8, 4) is 5.75 Å². The first-order valence-corrected chi connectivity index (χ1v) is 6.44. The number of benzene rings is 1. The minimum Gasteiger partial charge on any atom is -0.496 e. The molecule has 0 amide bonds. The maximum absolute atomic E-state index is 8.85. The molecule has 0 aliphatic rings. The Hall–Kier alpha value is -1.88.